The van der Waals surface area contributed by atoms with E-state index < -0.39 is 28.5 Å². The van der Waals surface area contributed by atoms with E-state index in [9.17, 15) is 18.0 Å². The molecule has 0 spiro atoms. The number of carbonyl (C=O) groups is 2. The Morgan fingerprint density at radius 2 is 1.48 bits per heavy atom. The summed E-state index contributed by atoms with van der Waals surface area (Å²) in [7, 11) is -4.09. The fraction of sp³-hybridized carbons (Fsp3) is 0.375. The van der Waals surface area contributed by atoms with Crippen molar-refractivity contribution in [1.82, 2.24) is 10.2 Å². The van der Waals surface area contributed by atoms with E-state index in [0.29, 0.717) is 18.7 Å². The van der Waals surface area contributed by atoms with E-state index >= 15 is 0 Å². The molecule has 7 nitrogen and oxygen atoms in total. The molecule has 0 bridgehead atoms. The Bertz CT molecular complexity index is 1370. The maximum Gasteiger partial charge on any atom is 0.264 e. The molecule has 8 heteroatoms. The molecule has 2 amide bonds. The van der Waals surface area contributed by atoms with Crippen molar-refractivity contribution in [3.8, 4) is 0 Å². The van der Waals surface area contributed by atoms with Crippen LogP contribution in [0.25, 0.3) is 0 Å². The minimum atomic E-state index is -4.09. The molecule has 0 aromatic heterocycles. The molecule has 0 radical (unpaired) electrons. The Morgan fingerprint density at radius 3 is 2.05 bits per heavy atom. The molecule has 214 valence electrons. The number of unbranched alkanes of at least 4 members (excludes halogenated alkanes) is 1. The SMILES string of the molecule is CCCCNC(=O)C(CC)N(Cc1ccccc1)C(=O)CN(c1cc(C)cc(C)c1)S(=O)(=O)c1ccc(C)cc1. The van der Waals surface area contributed by atoms with E-state index in [0.717, 1.165) is 35.1 Å². The largest absolute Gasteiger partial charge is 0.354 e. The van der Waals surface area contributed by atoms with Crippen molar-refractivity contribution in [3.05, 3.63) is 95.1 Å². The number of rotatable bonds is 13. The lowest BCUT2D eigenvalue weighted by Crippen LogP contribution is -2.52. The standard InChI is InChI=1S/C32H41N3O4S/c1-6-8-18-33-32(37)30(7-2)34(22-27-12-10-9-11-13-27)31(36)23-35(28-20-25(4)19-26(5)21-28)40(38,39)29-16-14-24(3)15-17-29/h9-17,19-21,30H,6-8,18,22-23H2,1-5H3,(H,33,37). The second-order valence-corrected chi connectivity index (χ2v) is 12.1. The van der Waals surface area contributed by atoms with Crippen LogP contribution in [0.2, 0.25) is 0 Å². The van der Waals surface area contributed by atoms with Gasteiger partial charge in [-0.2, -0.15) is 0 Å². The van der Waals surface area contributed by atoms with Crippen molar-refractivity contribution < 1.29 is 18.0 Å². The molecule has 0 aliphatic rings. The van der Waals surface area contributed by atoms with Gasteiger partial charge >= 0.3 is 0 Å². The van der Waals surface area contributed by atoms with E-state index in [4.69, 9.17) is 0 Å². The first kappa shape index (κ1) is 30.9. The van der Waals surface area contributed by atoms with Gasteiger partial charge in [-0.3, -0.25) is 13.9 Å². The Kier molecular flexibility index (Phi) is 10.9. The zero-order valence-electron chi connectivity index (χ0n) is 24.2. The quantitative estimate of drug-likeness (QED) is 0.277. The summed E-state index contributed by atoms with van der Waals surface area (Å²) in [5.74, 6) is -0.684. The summed E-state index contributed by atoms with van der Waals surface area (Å²) in [6, 6.07) is 20.8. The molecular formula is C32H41N3O4S. The van der Waals surface area contributed by atoms with Crippen molar-refractivity contribution in [2.75, 3.05) is 17.4 Å². The number of sulfonamides is 1. The molecule has 0 aliphatic heterocycles. The smallest absolute Gasteiger partial charge is 0.264 e. The number of amides is 2. The number of nitrogens with zero attached hydrogens (tertiary/aromatic N) is 2. The highest BCUT2D eigenvalue weighted by atomic mass is 32.2. The van der Waals surface area contributed by atoms with Crippen LogP contribution < -0.4 is 9.62 Å². The van der Waals surface area contributed by atoms with Crippen molar-refractivity contribution in [1.29, 1.82) is 0 Å². The second-order valence-electron chi connectivity index (χ2n) is 10.2. The van der Waals surface area contributed by atoms with Gasteiger partial charge in [0.2, 0.25) is 11.8 Å². The lowest BCUT2D eigenvalue weighted by molar-refractivity contribution is -0.140. The molecule has 3 rings (SSSR count). The molecule has 0 saturated heterocycles. The van der Waals surface area contributed by atoms with Gasteiger partial charge in [-0.05, 0) is 74.6 Å². The average Bonchev–Trinajstić information content (AvgIpc) is 2.91. The van der Waals surface area contributed by atoms with Crippen LogP contribution in [0.4, 0.5) is 5.69 Å². The molecule has 0 fully saturated rings. The molecule has 1 N–H and O–H groups in total. The topological polar surface area (TPSA) is 86.8 Å². The van der Waals surface area contributed by atoms with Gasteiger partial charge in [-0.15, -0.1) is 0 Å². The van der Waals surface area contributed by atoms with Crippen LogP contribution in [0.15, 0.2) is 77.7 Å². The Hall–Kier alpha value is -3.65. The highest BCUT2D eigenvalue weighted by Crippen LogP contribution is 2.27. The lowest BCUT2D eigenvalue weighted by atomic mass is 10.1. The third-order valence-electron chi connectivity index (χ3n) is 6.79. The highest BCUT2D eigenvalue weighted by molar-refractivity contribution is 7.92. The van der Waals surface area contributed by atoms with Crippen LogP contribution in [0.3, 0.4) is 0 Å². The van der Waals surface area contributed by atoms with Crippen molar-refractivity contribution in [3.63, 3.8) is 0 Å². The summed E-state index contributed by atoms with van der Waals surface area (Å²) in [5, 5.41) is 2.95. The molecule has 0 aliphatic carbocycles. The maximum atomic E-state index is 14.1. The van der Waals surface area contributed by atoms with Crippen LogP contribution >= 0.6 is 0 Å². The van der Waals surface area contributed by atoms with E-state index in [1.807, 2.05) is 71.0 Å². The lowest BCUT2D eigenvalue weighted by Gasteiger charge is -2.33. The average molecular weight is 564 g/mol. The molecule has 1 atom stereocenters. The molecule has 0 heterocycles. The maximum absolute atomic E-state index is 14.1. The minimum Gasteiger partial charge on any atom is -0.354 e. The summed E-state index contributed by atoms with van der Waals surface area (Å²) in [6.45, 7) is 9.85. The van der Waals surface area contributed by atoms with Gasteiger partial charge in [0.1, 0.15) is 12.6 Å². The summed E-state index contributed by atoms with van der Waals surface area (Å²) in [6.07, 6.45) is 2.17. The summed E-state index contributed by atoms with van der Waals surface area (Å²) in [4.78, 5) is 29.0. The molecule has 3 aromatic carbocycles. The fourth-order valence-electron chi connectivity index (χ4n) is 4.67. The first-order chi connectivity index (χ1) is 19.1. The molecule has 0 saturated carbocycles. The minimum absolute atomic E-state index is 0.101. The van der Waals surface area contributed by atoms with Crippen LogP contribution in [0, 0.1) is 20.8 Å². The molecule has 3 aromatic rings. The fourth-order valence-corrected chi connectivity index (χ4v) is 6.06. The van der Waals surface area contributed by atoms with E-state index in [-0.39, 0.29) is 17.3 Å². The second kappa shape index (κ2) is 14.1. The predicted molar refractivity (Wildman–Crippen MR) is 161 cm³/mol. The first-order valence-corrected chi connectivity index (χ1v) is 15.3. The summed E-state index contributed by atoms with van der Waals surface area (Å²) >= 11 is 0. The van der Waals surface area contributed by atoms with Gasteiger partial charge < -0.3 is 10.2 Å². The van der Waals surface area contributed by atoms with Gasteiger partial charge in [0.05, 0.1) is 10.6 Å². The van der Waals surface area contributed by atoms with Crippen LogP contribution in [-0.2, 0) is 26.2 Å². The number of aryl methyl sites for hydroxylation is 3. The van der Waals surface area contributed by atoms with Gasteiger partial charge in [-0.25, -0.2) is 8.42 Å². The molecule has 40 heavy (non-hydrogen) atoms. The monoisotopic (exact) mass is 563 g/mol. The number of hydrogen-bond donors (Lipinski definition) is 1. The van der Waals surface area contributed by atoms with Crippen LogP contribution in [0.5, 0.6) is 0 Å². The van der Waals surface area contributed by atoms with Crippen LogP contribution in [0.1, 0.15) is 55.4 Å². The van der Waals surface area contributed by atoms with Crippen molar-refractivity contribution >= 4 is 27.5 Å². The van der Waals surface area contributed by atoms with E-state index in [1.54, 1.807) is 36.4 Å². The zero-order valence-corrected chi connectivity index (χ0v) is 25.0. The van der Waals surface area contributed by atoms with Gasteiger partial charge in [0, 0.05) is 13.1 Å². The number of nitrogens with one attached hydrogen (secondary N) is 1. The molecule has 1 unspecified atom stereocenters. The number of anilines is 1. The number of benzene rings is 3. The number of hydrogen-bond acceptors (Lipinski definition) is 4. The third kappa shape index (κ3) is 7.94. The van der Waals surface area contributed by atoms with E-state index in [1.165, 1.54) is 9.21 Å². The number of carbonyl (C=O) groups excluding carboxylic acids is 2. The van der Waals surface area contributed by atoms with Crippen molar-refractivity contribution in [2.24, 2.45) is 0 Å². The van der Waals surface area contributed by atoms with Gasteiger partial charge in [-0.1, -0.05) is 74.4 Å². The Labute approximate surface area is 239 Å². The summed E-state index contributed by atoms with van der Waals surface area (Å²) in [5.41, 5.74) is 3.97. The molecular weight excluding hydrogens is 522 g/mol. The Balaban J connectivity index is 2.05. The van der Waals surface area contributed by atoms with Gasteiger partial charge in [0.25, 0.3) is 10.0 Å². The Morgan fingerprint density at radius 1 is 0.850 bits per heavy atom. The third-order valence-corrected chi connectivity index (χ3v) is 8.58. The predicted octanol–water partition coefficient (Wildman–Crippen LogP) is 5.53. The highest BCUT2D eigenvalue weighted by Gasteiger charge is 2.33. The normalized spacial score (nSPS) is 12.0. The van der Waals surface area contributed by atoms with Gasteiger partial charge in [0.15, 0.2) is 0 Å². The zero-order chi connectivity index (χ0) is 29.3. The van der Waals surface area contributed by atoms with Crippen LogP contribution in [-0.4, -0.2) is 44.3 Å². The van der Waals surface area contributed by atoms with Crippen molar-refractivity contribution in [2.45, 2.75) is 71.4 Å². The summed E-state index contributed by atoms with van der Waals surface area (Å²) < 4.78 is 29.2. The first-order valence-electron chi connectivity index (χ1n) is 13.9. The van der Waals surface area contributed by atoms with E-state index in [2.05, 4.69) is 5.32 Å².